The Morgan fingerprint density at radius 2 is 1.26 bits per heavy atom. The minimum Gasteiger partial charge on any atom is -0.330 e. The zero-order chi connectivity index (χ0) is 17.0. The van der Waals surface area contributed by atoms with Crippen molar-refractivity contribution in [3.05, 3.63) is 24.3 Å². The Labute approximate surface area is 145 Å². The lowest BCUT2D eigenvalue weighted by Crippen LogP contribution is -2.23. The molecule has 0 saturated carbocycles. The quantitative estimate of drug-likeness (QED) is 0.260. The van der Waals surface area contributed by atoms with E-state index in [-0.39, 0.29) is 0 Å². The van der Waals surface area contributed by atoms with Crippen LogP contribution in [0.1, 0.15) is 96.8 Å². The maximum atomic E-state index is 5.95. The Kier molecular flexibility index (Phi) is 18.9. The van der Waals surface area contributed by atoms with Gasteiger partial charge in [0, 0.05) is 6.04 Å². The highest BCUT2D eigenvalue weighted by Gasteiger charge is 2.00. The van der Waals surface area contributed by atoms with Gasteiger partial charge in [-0.1, -0.05) is 76.2 Å². The van der Waals surface area contributed by atoms with E-state index < -0.39 is 0 Å². The fourth-order valence-electron chi connectivity index (χ4n) is 2.75. The van der Waals surface area contributed by atoms with Gasteiger partial charge in [0.2, 0.25) is 0 Å². The molecule has 1 atom stereocenters. The Morgan fingerprint density at radius 1 is 0.696 bits per heavy atom. The van der Waals surface area contributed by atoms with Crippen molar-refractivity contribution in [1.29, 1.82) is 0 Å². The highest BCUT2D eigenvalue weighted by Crippen LogP contribution is 2.10. The van der Waals surface area contributed by atoms with Crippen LogP contribution in [0.3, 0.4) is 0 Å². The normalized spacial score (nSPS) is 13.3. The molecule has 0 spiro atoms. The van der Waals surface area contributed by atoms with Crippen LogP contribution >= 0.6 is 0 Å². The molecule has 0 saturated heterocycles. The third-order valence-corrected chi connectivity index (χ3v) is 4.31. The molecule has 23 heavy (non-hydrogen) atoms. The lowest BCUT2D eigenvalue weighted by atomic mass is 10.0. The van der Waals surface area contributed by atoms with Crippen LogP contribution in [0.15, 0.2) is 24.3 Å². The van der Waals surface area contributed by atoms with Crippen molar-refractivity contribution in [3.63, 3.8) is 0 Å². The van der Waals surface area contributed by atoms with E-state index in [1.54, 1.807) is 0 Å². The van der Waals surface area contributed by atoms with E-state index in [4.69, 9.17) is 11.5 Å². The van der Waals surface area contributed by atoms with Crippen molar-refractivity contribution in [1.82, 2.24) is 0 Å². The van der Waals surface area contributed by atoms with Crippen molar-refractivity contribution in [2.75, 3.05) is 6.54 Å². The summed E-state index contributed by atoms with van der Waals surface area (Å²) in [4.78, 5) is 0. The summed E-state index contributed by atoms with van der Waals surface area (Å²) in [5.74, 6) is 0. The Bertz CT molecular complexity index is 271. The van der Waals surface area contributed by atoms with Gasteiger partial charge in [0.15, 0.2) is 0 Å². The smallest absolute Gasteiger partial charge is 0.00508 e. The molecule has 0 aromatic heterocycles. The van der Waals surface area contributed by atoms with Crippen LogP contribution in [0.4, 0.5) is 0 Å². The maximum Gasteiger partial charge on any atom is 0.00508 e. The summed E-state index contributed by atoms with van der Waals surface area (Å²) in [6, 6.07) is 0.325. The molecule has 1 unspecified atom stereocenters. The van der Waals surface area contributed by atoms with E-state index in [0.717, 1.165) is 25.8 Å². The first kappa shape index (κ1) is 22.4. The Balaban J connectivity index is 3.19. The first-order valence-electron chi connectivity index (χ1n) is 10.1. The summed E-state index contributed by atoms with van der Waals surface area (Å²) in [6.45, 7) is 2.98. The second-order valence-electron chi connectivity index (χ2n) is 6.71. The molecular weight excluding hydrogens is 280 g/mol. The third-order valence-electron chi connectivity index (χ3n) is 4.31. The summed E-state index contributed by atoms with van der Waals surface area (Å²) in [7, 11) is 0. The van der Waals surface area contributed by atoms with Gasteiger partial charge in [-0.05, 0) is 51.5 Å². The van der Waals surface area contributed by atoms with E-state index in [1.165, 1.54) is 70.6 Å². The molecular formula is C21H42N2. The predicted octanol–water partition coefficient (Wildman–Crippen LogP) is 5.87. The second-order valence-corrected chi connectivity index (χ2v) is 6.71. The van der Waals surface area contributed by atoms with Crippen LogP contribution in [0, 0.1) is 0 Å². The van der Waals surface area contributed by atoms with Gasteiger partial charge in [-0.25, -0.2) is 0 Å². The summed E-state index contributed by atoms with van der Waals surface area (Å²) in [6.07, 6.45) is 27.1. The average Bonchev–Trinajstić information content (AvgIpc) is 2.54. The summed E-state index contributed by atoms with van der Waals surface area (Å²) >= 11 is 0. The van der Waals surface area contributed by atoms with Gasteiger partial charge in [-0.2, -0.15) is 0 Å². The molecule has 136 valence electrons. The molecule has 0 radical (unpaired) electrons. The minimum atomic E-state index is 0.325. The zero-order valence-corrected chi connectivity index (χ0v) is 15.6. The molecule has 0 bridgehead atoms. The number of allylic oxidation sites excluding steroid dienone is 4. The van der Waals surface area contributed by atoms with E-state index in [9.17, 15) is 0 Å². The first-order valence-corrected chi connectivity index (χ1v) is 10.1. The summed E-state index contributed by atoms with van der Waals surface area (Å²) < 4.78 is 0. The standard InChI is InChI=1S/C21H42N2/c1-2-3-4-5-6-7-8-9-10-11-12-13-14-15-16-17-18-21(23)19-20-22/h6-7,9-10,21H,2-5,8,11-20,22-23H2,1H3/b7-6-,10-9-. The summed E-state index contributed by atoms with van der Waals surface area (Å²) in [5.41, 5.74) is 11.5. The zero-order valence-electron chi connectivity index (χ0n) is 15.6. The summed E-state index contributed by atoms with van der Waals surface area (Å²) in [5, 5.41) is 0. The second kappa shape index (κ2) is 19.4. The van der Waals surface area contributed by atoms with Gasteiger partial charge < -0.3 is 11.5 Å². The molecule has 0 aliphatic heterocycles. The van der Waals surface area contributed by atoms with Crippen LogP contribution in [0.5, 0.6) is 0 Å². The molecule has 0 amide bonds. The van der Waals surface area contributed by atoms with Crippen molar-refractivity contribution in [2.24, 2.45) is 11.5 Å². The van der Waals surface area contributed by atoms with Gasteiger partial charge in [-0.3, -0.25) is 0 Å². The van der Waals surface area contributed by atoms with E-state index >= 15 is 0 Å². The molecule has 0 aliphatic rings. The Hall–Kier alpha value is -0.600. The van der Waals surface area contributed by atoms with Gasteiger partial charge in [0.25, 0.3) is 0 Å². The van der Waals surface area contributed by atoms with E-state index in [2.05, 4.69) is 31.2 Å². The number of hydrogen-bond donors (Lipinski definition) is 2. The maximum absolute atomic E-state index is 5.95. The van der Waals surface area contributed by atoms with Crippen molar-refractivity contribution >= 4 is 0 Å². The molecule has 0 aromatic carbocycles. The third kappa shape index (κ3) is 19.4. The lowest BCUT2D eigenvalue weighted by Gasteiger charge is -2.09. The largest absolute Gasteiger partial charge is 0.330 e. The number of unbranched alkanes of at least 4 members (excludes halogenated alkanes) is 9. The van der Waals surface area contributed by atoms with Crippen molar-refractivity contribution < 1.29 is 0 Å². The minimum absolute atomic E-state index is 0.325. The van der Waals surface area contributed by atoms with E-state index in [1.807, 2.05) is 0 Å². The van der Waals surface area contributed by atoms with Crippen LogP contribution < -0.4 is 11.5 Å². The highest BCUT2D eigenvalue weighted by molar-refractivity contribution is 4.92. The number of hydrogen-bond acceptors (Lipinski definition) is 2. The van der Waals surface area contributed by atoms with Gasteiger partial charge in [0.05, 0.1) is 0 Å². The first-order chi connectivity index (χ1) is 11.3. The molecule has 2 heteroatoms. The van der Waals surface area contributed by atoms with Crippen LogP contribution in [-0.4, -0.2) is 12.6 Å². The SMILES string of the molecule is CCCCC/C=C\C/C=C\CCCCCCCCC(N)CCN. The van der Waals surface area contributed by atoms with Crippen LogP contribution in [-0.2, 0) is 0 Å². The van der Waals surface area contributed by atoms with Crippen LogP contribution in [0.2, 0.25) is 0 Å². The van der Waals surface area contributed by atoms with E-state index in [0.29, 0.717) is 6.04 Å². The monoisotopic (exact) mass is 322 g/mol. The topological polar surface area (TPSA) is 52.0 Å². The average molecular weight is 323 g/mol. The molecule has 0 rings (SSSR count). The number of rotatable bonds is 17. The fourth-order valence-corrected chi connectivity index (χ4v) is 2.75. The van der Waals surface area contributed by atoms with Gasteiger partial charge in [-0.15, -0.1) is 0 Å². The van der Waals surface area contributed by atoms with Crippen molar-refractivity contribution in [3.8, 4) is 0 Å². The molecule has 0 fully saturated rings. The molecule has 0 aliphatic carbocycles. The molecule has 4 N–H and O–H groups in total. The number of nitrogens with two attached hydrogens (primary N) is 2. The van der Waals surface area contributed by atoms with Gasteiger partial charge >= 0.3 is 0 Å². The Morgan fingerprint density at radius 3 is 1.87 bits per heavy atom. The molecule has 0 aromatic rings. The lowest BCUT2D eigenvalue weighted by molar-refractivity contribution is 0.515. The highest BCUT2D eigenvalue weighted by atomic mass is 14.6. The van der Waals surface area contributed by atoms with Crippen LogP contribution in [0.25, 0.3) is 0 Å². The fraction of sp³-hybridized carbons (Fsp3) is 0.810. The van der Waals surface area contributed by atoms with Crippen molar-refractivity contribution in [2.45, 2.75) is 103 Å². The molecule has 2 nitrogen and oxygen atoms in total. The van der Waals surface area contributed by atoms with Gasteiger partial charge in [0.1, 0.15) is 0 Å². The molecule has 0 heterocycles. The predicted molar refractivity (Wildman–Crippen MR) is 106 cm³/mol.